The van der Waals surface area contributed by atoms with Crippen molar-refractivity contribution in [2.45, 2.75) is 26.3 Å². The molecule has 2 rings (SSSR count). The number of aromatic hydroxyl groups is 1. The lowest BCUT2D eigenvalue weighted by molar-refractivity contribution is -0.121. The summed E-state index contributed by atoms with van der Waals surface area (Å²) in [5, 5.41) is 12.1. The van der Waals surface area contributed by atoms with E-state index in [9.17, 15) is 9.90 Å². The number of carbonyl (C=O) groups excluding carboxylic acids is 1. The van der Waals surface area contributed by atoms with Gasteiger partial charge in [-0.15, -0.1) is 0 Å². The van der Waals surface area contributed by atoms with E-state index in [-0.39, 0.29) is 11.7 Å². The van der Waals surface area contributed by atoms with Gasteiger partial charge in [0.15, 0.2) is 0 Å². The summed E-state index contributed by atoms with van der Waals surface area (Å²) in [6, 6.07) is 15.1. The summed E-state index contributed by atoms with van der Waals surface area (Å²) in [5.41, 5.74) is 3.38. The van der Waals surface area contributed by atoms with Crippen molar-refractivity contribution in [3.63, 3.8) is 0 Å². The van der Waals surface area contributed by atoms with Gasteiger partial charge in [-0.3, -0.25) is 4.79 Å². The van der Waals surface area contributed by atoms with Gasteiger partial charge in [-0.1, -0.05) is 42.0 Å². The first-order chi connectivity index (χ1) is 9.63. The Kier molecular flexibility index (Phi) is 4.77. The normalized spacial score (nSPS) is 10.2. The molecule has 0 atom stereocenters. The molecule has 0 bridgehead atoms. The minimum absolute atomic E-state index is 0.0413. The third-order valence-electron chi connectivity index (χ3n) is 3.15. The molecule has 0 aromatic heterocycles. The predicted molar refractivity (Wildman–Crippen MR) is 79.5 cm³/mol. The Morgan fingerprint density at radius 3 is 2.55 bits per heavy atom. The molecular weight excluding hydrogens is 250 g/mol. The fourth-order valence-electron chi connectivity index (χ4n) is 2.03. The number of carbonyl (C=O) groups is 1. The van der Waals surface area contributed by atoms with Crippen molar-refractivity contribution in [1.82, 2.24) is 5.32 Å². The SMILES string of the molecule is Cc1cccc(CCC(=O)NCc2ccc(O)cc2)c1. The smallest absolute Gasteiger partial charge is 0.220 e. The zero-order valence-electron chi connectivity index (χ0n) is 11.6. The molecule has 1 amide bonds. The van der Waals surface area contributed by atoms with Crippen LogP contribution in [0, 0.1) is 6.92 Å². The monoisotopic (exact) mass is 269 g/mol. The largest absolute Gasteiger partial charge is 0.508 e. The van der Waals surface area contributed by atoms with Gasteiger partial charge < -0.3 is 10.4 Å². The van der Waals surface area contributed by atoms with Crippen molar-refractivity contribution < 1.29 is 9.90 Å². The first-order valence-corrected chi connectivity index (χ1v) is 6.73. The quantitative estimate of drug-likeness (QED) is 0.876. The third kappa shape index (κ3) is 4.43. The van der Waals surface area contributed by atoms with Crippen LogP contribution in [0.15, 0.2) is 48.5 Å². The molecule has 3 nitrogen and oxygen atoms in total. The number of benzene rings is 2. The van der Waals surface area contributed by atoms with Crippen LogP contribution in [-0.2, 0) is 17.8 Å². The first kappa shape index (κ1) is 14.1. The van der Waals surface area contributed by atoms with Crippen LogP contribution in [0.3, 0.4) is 0 Å². The van der Waals surface area contributed by atoms with Gasteiger partial charge in [-0.2, -0.15) is 0 Å². The Morgan fingerprint density at radius 1 is 1.10 bits per heavy atom. The number of hydrogen-bond acceptors (Lipinski definition) is 2. The van der Waals surface area contributed by atoms with Crippen LogP contribution >= 0.6 is 0 Å². The second-order valence-electron chi connectivity index (χ2n) is 4.93. The molecule has 0 aliphatic rings. The van der Waals surface area contributed by atoms with Crippen LogP contribution in [0.25, 0.3) is 0 Å². The number of aryl methyl sites for hydroxylation is 2. The average molecular weight is 269 g/mol. The zero-order chi connectivity index (χ0) is 14.4. The minimum Gasteiger partial charge on any atom is -0.508 e. The molecule has 0 radical (unpaired) electrons. The molecule has 0 spiro atoms. The maximum Gasteiger partial charge on any atom is 0.220 e. The van der Waals surface area contributed by atoms with E-state index in [4.69, 9.17) is 0 Å². The van der Waals surface area contributed by atoms with Crippen molar-refractivity contribution >= 4 is 5.91 Å². The highest BCUT2D eigenvalue weighted by molar-refractivity contribution is 5.76. The fraction of sp³-hybridized carbons (Fsp3) is 0.235. The Bertz CT molecular complexity index is 576. The van der Waals surface area contributed by atoms with E-state index in [0.717, 1.165) is 12.0 Å². The second kappa shape index (κ2) is 6.75. The highest BCUT2D eigenvalue weighted by Gasteiger charge is 2.02. The lowest BCUT2D eigenvalue weighted by Gasteiger charge is -2.06. The Balaban J connectivity index is 1.77. The number of rotatable bonds is 5. The van der Waals surface area contributed by atoms with Gasteiger partial charge in [0.2, 0.25) is 5.91 Å². The van der Waals surface area contributed by atoms with Crippen molar-refractivity contribution in [3.05, 3.63) is 65.2 Å². The lowest BCUT2D eigenvalue weighted by atomic mass is 10.1. The summed E-state index contributed by atoms with van der Waals surface area (Å²) < 4.78 is 0. The summed E-state index contributed by atoms with van der Waals surface area (Å²) in [4.78, 5) is 11.8. The molecule has 0 aliphatic heterocycles. The number of amides is 1. The highest BCUT2D eigenvalue weighted by Crippen LogP contribution is 2.10. The van der Waals surface area contributed by atoms with Crippen molar-refractivity contribution in [3.8, 4) is 5.75 Å². The van der Waals surface area contributed by atoms with E-state index in [0.29, 0.717) is 13.0 Å². The van der Waals surface area contributed by atoms with Crippen molar-refractivity contribution in [2.24, 2.45) is 0 Å². The fourth-order valence-corrected chi connectivity index (χ4v) is 2.03. The number of nitrogens with one attached hydrogen (secondary N) is 1. The molecular formula is C17H19NO2. The third-order valence-corrected chi connectivity index (χ3v) is 3.15. The number of phenolic OH excluding ortho intramolecular Hbond substituents is 1. The predicted octanol–water partition coefficient (Wildman–Crippen LogP) is 2.95. The summed E-state index contributed by atoms with van der Waals surface area (Å²) in [6.45, 7) is 2.54. The van der Waals surface area contributed by atoms with Gasteiger partial charge in [-0.25, -0.2) is 0 Å². The Hall–Kier alpha value is -2.29. The van der Waals surface area contributed by atoms with Crippen LogP contribution in [0.5, 0.6) is 5.75 Å². The first-order valence-electron chi connectivity index (χ1n) is 6.73. The van der Waals surface area contributed by atoms with E-state index in [1.807, 2.05) is 25.1 Å². The molecule has 0 heterocycles. The molecule has 0 saturated heterocycles. The van der Waals surface area contributed by atoms with E-state index in [2.05, 4.69) is 11.4 Å². The maximum absolute atomic E-state index is 11.8. The van der Waals surface area contributed by atoms with Crippen LogP contribution in [-0.4, -0.2) is 11.0 Å². The van der Waals surface area contributed by atoms with Gasteiger partial charge in [0.05, 0.1) is 0 Å². The summed E-state index contributed by atoms with van der Waals surface area (Å²) in [5.74, 6) is 0.277. The lowest BCUT2D eigenvalue weighted by Crippen LogP contribution is -2.22. The highest BCUT2D eigenvalue weighted by atomic mass is 16.3. The van der Waals surface area contributed by atoms with Gasteiger partial charge >= 0.3 is 0 Å². The van der Waals surface area contributed by atoms with Crippen LogP contribution in [0.4, 0.5) is 0 Å². The molecule has 0 fully saturated rings. The number of phenols is 1. The van der Waals surface area contributed by atoms with Crippen LogP contribution in [0.2, 0.25) is 0 Å². The molecule has 104 valence electrons. The molecule has 3 heteroatoms. The topological polar surface area (TPSA) is 49.3 Å². The molecule has 2 aromatic rings. The number of hydrogen-bond donors (Lipinski definition) is 2. The van der Waals surface area contributed by atoms with Gasteiger partial charge in [0.25, 0.3) is 0 Å². The molecule has 20 heavy (non-hydrogen) atoms. The molecule has 2 N–H and O–H groups in total. The summed E-state index contributed by atoms with van der Waals surface area (Å²) in [6.07, 6.45) is 1.24. The van der Waals surface area contributed by atoms with Gasteiger partial charge in [0.1, 0.15) is 5.75 Å². The zero-order valence-corrected chi connectivity index (χ0v) is 11.6. The van der Waals surface area contributed by atoms with E-state index in [1.54, 1.807) is 24.3 Å². The Morgan fingerprint density at radius 2 is 1.85 bits per heavy atom. The summed E-state index contributed by atoms with van der Waals surface area (Å²) >= 11 is 0. The minimum atomic E-state index is 0.0413. The maximum atomic E-state index is 11.8. The van der Waals surface area contributed by atoms with E-state index >= 15 is 0 Å². The van der Waals surface area contributed by atoms with Crippen molar-refractivity contribution in [1.29, 1.82) is 0 Å². The Labute approximate surface area is 119 Å². The average Bonchev–Trinajstić information content (AvgIpc) is 2.45. The van der Waals surface area contributed by atoms with Gasteiger partial charge in [-0.05, 0) is 36.6 Å². The van der Waals surface area contributed by atoms with Gasteiger partial charge in [0, 0.05) is 13.0 Å². The second-order valence-corrected chi connectivity index (χ2v) is 4.93. The van der Waals surface area contributed by atoms with E-state index < -0.39 is 0 Å². The standard InChI is InChI=1S/C17H19NO2/c1-13-3-2-4-14(11-13)7-10-17(20)18-12-15-5-8-16(19)9-6-15/h2-6,8-9,11,19H,7,10,12H2,1H3,(H,18,20). The van der Waals surface area contributed by atoms with Crippen LogP contribution in [0.1, 0.15) is 23.1 Å². The van der Waals surface area contributed by atoms with Crippen LogP contribution < -0.4 is 5.32 Å². The molecule has 0 unspecified atom stereocenters. The summed E-state index contributed by atoms with van der Waals surface area (Å²) in [7, 11) is 0. The molecule has 0 aliphatic carbocycles. The molecule has 0 saturated carbocycles. The molecule has 2 aromatic carbocycles. The van der Waals surface area contributed by atoms with Crippen molar-refractivity contribution in [2.75, 3.05) is 0 Å². The van der Waals surface area contributed by atoms with E-state index in [1.165, 1.54) is 11.1 Å².